The van der Waals surface area contributed by atoms with E-state index in [1.807, 2.05) is 0 Å². The molecule has 0 atom stereocenters. The van der Waals surface area contributed by atoms with Crippen LogP contribution in [0.5, 0.6) is 0 Å². The van der Waals surface area contributed by atoms with Crippen molar-refractivity contribution in [1.29, 1.82) is 0 Å². The van der Waals surface area contributed by atoms with E-state index in [0.29, 0.717) is 5.92 Å². The zero-order chi connectivity index (χ0) is 9.26. The molecule has 0 N–H and O–H groups in total. The maximum absolute atomic E-state index is 11.3. The van der Waals surface area contributed by atoms with Crippen LogP contribution < -0.4 is 0 Å². The first-order valence-electron chi connectivity index (χ1n) is 4.35. The highest BCUT2D eigenvalue weighted by molar-refractivity contribution is 5.86. The Morgan fingerprint density at radius 1 is 1.69 bits per heavy atom. The number of hydrogen-bond acceptors (Lipinski definition) is 4. The smallest absolute Gasteiger partial charge is 0.360 e. The Morgan fingerprint density at radius 2 is 2.46 bits per heavy atom. The molecule has 0 unspecified atom stereocenters. The van der Waals surface area contributed by atoms with E-state index in [4.69, 9.17) is 4.74 Å². The van der Waals surface area contributed by atoms with Gasteiger partial charge in [0, 0.05) is 0 Å². The van der Waals surface area contributed by atoms with Gasteiger partial charge in [-0.25, -0.2) is 9.78 Å². The Balaban J connectivity index is 1.86. The first-order chi connectivity index (χ1) is 6.25. The van der Waals surface area contributed by atoms with Gasteiger partial charge in [-0.1, -0.05) is 6.92 Å². The van der Waals surface area contributed by atoms with Gasteiger partial charge in [0.1, 0.15) is 12.4 Å². The van der Waals surface area contributed by atoms with E-state index in [-0.39, 0.29) is 17.8 Å². The lowest BCUT2D eigenvalue weighted by molar-refractivity contribution is -0.00790. The Hall–Kier alpha value is -1.32. The average molecular weight is 181 g/mol. The third-order valence-corrected chi connectivity index (χ3v) is 2.25. The molecule has 0 saturated heterocycles. The molecule has 1 aliphatic rings. The number of rotatable bonds is 2. The summed E-state index contributed by atoms with van der Waals surface area (Å²) in [4.78, 5) is 15.0. The van der Waals surface area contributed by atoms with Crippen LogP contribution in [0.15, 0.2) is 17.1 Å². The van der Waals surface area contributed by atoms with E-state index in [1.165, 1.54) is 12.7 Å². The second kappa shape index (κ2) is 3.20. The van der Waals surface area contributed by atoms with Gasteiger partial charge in [0.2, 0.25) is 0 Å². The lowest BCUT2D eigenvalue weighted by Gasteiger charge is -2.31. The van der Waals surface area contributed by atoms with Gasteiger partial charge in [0.15, 0.2) is 12.1 Å². The molecule has 1 heterocycles. The third-order valence-electron chi connectivity index (χ3n) is 2.25. The predicted molar refractivity (Wildman–Crippen MR) is 44.1 cm³/mol. The molecule has 4 heteroatoms. The fourth-order valence-electron chi connectivity index (χ4n) is 1.45. The topological polar surface area (TPSA) is 52.3 Å². The van der Waals surface area contributed by atoms with Gasteiger partial charge in [-0.15, -0.1) is 0 Å². The van der Waals surface area contributed by atoms with E-state index >= 15 is 0 Å². The molecule has 4 nitrogen and oxygen atoms in total. The summed E-state index contributed by atoms with van der Waals surface area (Å²) in [6, 6.07) is 0. The number of ether oxygens (including phenoxy) is 1. The van der Waals surface area contributed by atoms with E-state index in [9.17, 15) is 4.79 Å². The van der Waals surface area contributed by atoms with Crippen molar-refractivity contribution in [3.8, 4) is 0 Å². The van der Waals surface area contributed by atoms with Gasteiger partial charge in [-0.3, -0.25) is 0 Å². The second-order valence-corrected chi connectivity index (χ2v) is 3.48. The Bertz CT molecular complexity index is 288. The van der Waals surface area contributed by atoms with E-state index < -0.39 is 0 Å². The Labute approximate surface area is 75.9 Å². The molecular formula is C9H11NO3. The van der Waals surface area contributed by atoms with Gasteiger partial charge in [0.25, 0.3) is 0 Å². The van der Waals surface area contributed by atoms with Gasteiger partial charge >= 0.3 is 5.97 Å². The summed E-state index contributed by atoms with van der Waals surface area (Å²) in [7, 11) is 0. The van der Waals surface area contributed by atoms with Crippen LogP contribution in [0.2, 0.25) is 0 Å². The highest BCUT2D eigenvalue weighted by atomic mass is 16.5. The number of carbonyl (C=O) groups is 1. The maximum Gasteiger partial charge on any atom is 0.360 e. The van der Waals surface area contributed by atoms with Gasteiger partial charge in [-0.2, -0.15) is 0 Å². The molecule has 0 amide bonds. The SMILES string of the molecule is CC1CC(OC(=O)c2cocn2)C1. The van der Waals surface area contributed by atoms with E-state index in [0.717, 1.165) is 12.8 Å². The van der Waals surface area contributed by atoms with Crippen molar-refractivity contribution < 1.29 is 13.9 Å². The minimum absolute atomic E-state index is 0.0826. The normalized spacial score (nSPS) is 26.5. The summed E-state index contributed by atoms with van der Waals surface area (Å²) in [5, 5.41) is 0. The monoisotopic (exact) mass is 181 g/mol. The molecule has 1 aromatic heterocycles. The molecule has 1 aliphatic carbocycles. The minimum Gasteiger partial charge on any atom is -0.458 e. The molecule has 1 aromatic rings. The lowest BCUT2D eigenvalue weighted by Crippen LogP contribution is -2.31. The zero-order valence-electron chi connectivity index (χ0n) is 7.40. The predicted octanol–water partition coefficient (Wildman–Crippen LogP) is 1.63. The summed E-state index contributed by atoms with van der Waals surface area (Å²) < 4.78 is 9.82. The summed E-state index contributed by atoms with van der Waals surface area (Å²) in [5.41, 5.74) is 0.250. The molecule has 0 spiro atoms. The summed E-state index contributed by atoms with van der Waals surface area (Å²) in [5.74, 6) is 0.292. The number of aromatic nitrogens is 1. The molecule has 1 fully saturated rings. The number of nitrogens with zero attached hydrogens (tertiary/aromatic N) is 1. The van der Waals surface area contributed by atoms with Crippen molar-refractivity contribution in [2.45, 2.75) is 25.9 Å². The Morgan fingerprint density at radius 3 is 3.00 bits per heavy atom. The highest BCUT2D eigenvalue weighted by Crippen LogP contribution is 2.29. The molecule has 1 saturated carbocycles. The summed E-state index contributed by atoms with van der Waals surface area (Å²) in [6.45, 7) is 2.14. The molecule has 0 aromatic carbocycles. The minimum atomic E-state index is -0.384. The fourth-order valence-corrected chi connectivity index (χ4v) is 1.45. The maximum atomic E-state index is 11.3. The summed E-state index contributed by atoms with van der Waals surface area (Å²) in [6.07, 6.45) is 4.52. The van der Waals surface area contributed by atoms with Crippen molar-refractivity contribution in [2.24, 2.45) is 5.92 Å². The molecular weight excluding hydrogens is 170 g/mol. The molecule has 0 aliphatic heterocycles. The number of oxazole rings is 1. The van der Waals surface area contributed by atoms with Crippen LogP contribution in [0.4, 0.5) is 0 Å². The molecule has 70 valence electrons. The standard InChI is InChI=1S/C9H11NO3/c1-6-2-7(3-6)13-9(11)8-4-12-5-10-8/h4-7H,2-3H2,1H3. The summed E-state index contributed by atoms with van der Waals surface area (Å²) >= 11 is 0. The van der Waals surface area contributed by atoms with E-state index in [2.05, 4.69) is 16.3 Å². The molecule has 2 rings (SSSR count). The first kappa shape index (κ1) is 8.29. The third kappa shape index (κ3) is 1.71. The number of hydrogen-bond donors (Lipinski definition) is 0. The number of esters is 1. The van der Waals surface area contributed by atoms with E-state index in [1.54, 1.807) is 0 Å². The lowest BCUT2D eigenvalue weighted by atomic mass is 9.84. The highest BCUT2D eigenvalue weighted by Gasteiger charge is 2.29. The molecule has 0 radical (unpaired) electrons. The van der Waals surface area contributed by atoms with Crippen molar-refractivity contribution in [2.75, 3.05) is 0 Å². The van der Waals surface area contributed by atoms with Crippen molar-refractivity contribution >= 4 is 5.97 Å². The van der Waals surface area contributed by atoms with Gasteiger partial charge in [-0.05, 0) is 18.8 Å². The van der Waals surface area contributed by atoms with Crippen LogP contribution in [0.3, 0.4) is 0 Å². The van der Waals surface area contributed by atoms with Gasteiger partial charge < -0.3 is 9.15 Å². The first-order valence-corrected chi connectivity index (χ1v) is 4.35. The molecule has 13 heavy (non-hydrogen) atoms. The van der Waals surface area contributed by atoms with Crippen molar-refractivity contribution in [1.82, 2.24) is 4.98 Å². The van der Waals surface area contributed by atoms with Crippen LogP contribution in [0, 0.1) is 5.92 Å². The number of carbonyl (C=O) groups excluding carboxylic acids is 1. The quantitative estimate of drug-likeness (QED) is 0.650. The van der Waals surface area contributed by atoms with Crippen LogP contribution in [0.1, 0.15) is 30.3 Å². The van der Waals surface area contributed by atoms with Crippen LogP contribution in [0.25, 0.3) is 0 Å². The van der Waals surface area contributed by atoms with Crippen LogP contribution in [-0.4, -0.2) is 17.1 Å². The van der Waals surface area contributed by atoms with Crippen LogP contribution in [-0.2, 0) is 4.74 Å². The van der Waals surface area contributed by atoms with Crippen LogP contribution >= 0.6 is 0 Å². The average Bonchev–Trinajstić information content (AvgIpc) is 2.53. The van der Waals surface area contributed by atoms with Crippen molar-refractivity contribution in [3.05, 3.63) is 18.4 Å². The Kier molecular flexibility index (Phi) is 2.04. The fraction of sp³-hybridized carbons (Fsp3) is 0.556. The second-order valence-electron chi connectivity index (χ2n) is 3.48. The van der Waals surface area contributed by atoms with Crippen molar-refractivity contribution in [3.63, 3.8) is 0 Å². The van der Waals surface area contributed by atoms with Gasteiger partial charge in [0.05, 0.1) is 0 Å². The molecule has 0 bridgehead atoms. The largest absolute Gasteiger partial charge is 0.458 e. The zero-order valence-corrected chi connectivity index (χ0v) is 7.40.